The molecule has 0 saturated carbocycles. The molecule has 2 fully saturated rings. The molecule has 4 heteroatoms. The number of rotatable bonds is 2. The van der Waals surface area contributed by atoms with Crippen LogP contribution in [-0.4, -0.2) is 54.6 Å². The Kier molecular flexibility index (Phi) is 3.82. The molecule has 2 aliphatic heterocycles. The van der Waals surface area contributed by atoms with Crippen molar-refractivity contribution in [1.82, 2.24) is 20.4 Å². The summed E-state index contributed by atoms with van der Waals surface area (Å²) in [5.74, 6) is 1.25. The summed E-state index contributed by atoms with van der Waals surface area (Å²) in [5.41, 5.74) is 1.44. The van der Waals surface area contributed by atoms with Crippen molar-refractivity contribution in [2.45, 2.75) is 39.8 Å². The molecule has 0 aromatic heterocycles. The predicted molar refractivity (Wildman–Crippen MR) is 71.6 cm³/mol. The largest absolute Gasteiger partial charge is 0.369 e. The highest BCUT2D eigenvalue weighted by Gasteiger charge is 2.27. The molecular formula is C13H26N4. The van der Waals surface area contributed by atoms with Crippen molar-refractivity contribution in [3.05, 3.63) is 11.5 Å². The fraction of sp³-hybridized carbons (Fsp3) is 0.846. The average Bonchev–Trinajstić information content (AvgIpc) is 2.81. The monoisotopic (exact) mass is 238 g/mol. The van der Waals surface area contributed by atoms with Crippen molar-refractivity contribution >= 4 is 0 Å². The molecular weight excluding hydrogens is 212 g/mol. The third kappa shape index (κ3) is 2.68. The van der Waals surface area contributed by atoms with Crippen molar-refractivity contribution < 1.29 is 0 Å². The highest BCUT2D eigenvalue weighted by Crippen LogP contribution is 2.20. The molecule has 0 spiro atoms. The second-order valence-corrected chi connectivity index (χ2v) is 5.53. The van der Waals surface area contributed by atoms with Gasteiger partial charge in [0.2, 0.25) is 0 Å². The van der Waals surface area contributed by atoms with E-state index >= 15 is 0 Å². The number of nitrogens with zero attached hydrogens (tertiary/aromatic N) is 2. The maximum atomic E-state index is 3.47. The first-order valence-electron chi connectivity index (χ1n) is 6.81. The van der Waals surface area contributed by atoms with Gasteiger partial charge in [0, 0.05) is 44.8 Å². The molecule has 2 N–H and O–H groups in total. The molecule has 2 aliphatic rings. The normalized spacial score (nSPS) is 22.4. The van der Waals surface area contributed by atoms with Crippen LogP contribution in [-0.2, 0) is 0 Å². The standard InChI is InChI=1S/C13H26N4/c1-10(2)16-7-8-17(11(3)4)12(9-16)13-14-5-6-15-13/h10-11,14-15H,5-9H2,1-4H3. The SMILES string of the molecule is CC(C)N1CCN(C(C)C)C(=C2NCCN2)C1. The van der Waals surface area contributed by atoms with E-state index in [1.807, 2.05) is 0 Å². The van der Waals surface area contributed by atoms with E-state index < -0.39 is 0 Å². The van der Waals surface area contributed by atoms with E-state index in [9.17, 15) is 0 Å². The minimum Gasteiger partial charge on any atom is -0.369 e. The average molecular weight is 238 g/mol. The lowest BCUT2D eigenvalue weighted by molar-refractivity contribution is 0.126. The Morgan fingerprint density at radius 1 is 0.941 bits per heavy atom. The number of nitrogens with one attached hydrogen (secondary N) is 2. The van der Waals surface area contributed by atoms with Crippen LogP contribution in [0.2, 0.25) is 0 Å². The van der Waals surface area contributed by atoms with Gasteiger partial charge in [0.25, 0.3) is 0 Å². The van der Waals surface area contributed by atoms with Crippen LogP contribution in [0.25, 0.3) is 0 Å². The van der Waals surface area contributed by atoms with Gasteiger partial charge in [-0.1, -0.05) is 0 Å². The summed E-state index contributed by atoms with van der Waals surface area (Å²) in [6, 6.07) is 1.21. The van der Waals surface area contributed by atoms with Gasteiger partial charge in [-0.15, -0.1) is 0 Å². The van der Waals surface area contributed by atoms with Gasteiger partial charge in [0.15, 0.2) is 0 Å². The van der Waals surface area contributed by atoms with Crippen molar-refractivity contribution in [3.63, 3.8) is 0 Å². The van der Waals surface area contributed by atoms with Gasteiger partial charge < -0.3 is 15.5 Å². The van der Waals surface area contributed by atoms with Crippen LogP contribution in [0.5, 0.6) is 0 Å². The van der Waals surface area contributed by atoms with Gasteiger partial charge in [-0.05, 0) is 27.7 Å². The van der Waals surface area contributed by atoms with Gasteiger partial charge in [-0.2, -0.15) is 0 Å². The van der Waals surface area contributed by atoms with Crippen LogP contribution in [0.15, 0.2) is 11.5 Å². The Morgan fingerprint density at radius 2 is 1.59 bits per heavy atom. The number of piperazine rings is 1. The molecule has 0 atom stereocenters. The summed E-state index contributed by atoms with van der Waals surface area (Å²) < 4.78 is 0. The third-order valence-electron chi connectivity index (χ3n) is 3.70. The predicted octanol–water partition coefficient (Wildman–Crippen LogP) is 0.783. The van der Waals surface area contributed by atoms with Crippen LogP contribution in [0, 0.1) is 0 Å². The van der Waals surface area contributed by atoms with Gasteiger partial charge in [-0.3, -0.25) is 4.90 Å². The molecule has 98 valence electrons. The first-order valence-corrected chi connectivity index (χ1v) is 6.81. The van der Waals surface area contributed by atoms with Crippen LogP contribution in [0.4, 0.5) is 0 Å². The van der Waals surface area contributed by atoms with Gasteiger partial charge in [0.05, 0.1) is 5.70 Å². The van der Waals surface area contributed by atoms with Crippen molar-refractivity contribution in [2.75, 3.05) is 32.7 Å². The van der Waals surface area contributed by atoms with Crippen molar-refractivity contribution in [3.8, 4) is 0 Å². The first kappa shape index (κ1) is 12.6. The molecule has 0 aliphatic carbocycles. The van der Waals surface area contributed by atoms with E-state index in [1.165, 1.54) is 18.1 Å². The topological polar surface area (TPSA) is 30.5 Å². The van der Waals surface area contributed by atoms with Crippen molar-refractivity contribution in [2.24, 2.45) is 0 Å². The molecule has 0 amide bonds. The maximum Gasteiger partial charge on any atom is 0.120 e. The molecule has 0 bridgehead atoms. The Labute approximate surface area is 105 Å². The highest BCUT2D eigenvalue weighted by atomic mass is 15.3. The second kappa shape index (κ2) is 5.17. The Hall–Kier alpha value is -0.900. The minimum atomic E-state index is 0.580. The van der Waals surface area contributed by atoms with Crippen LogP contribution in [0.3, 0.4) is 0 Å². The van der Waals surface area contributed by atoms with E-state index in [0.29, 0.717) is 12.1 Å². The zero-order chi connectivity index (χ0) is 12.4. The molecule has 17 heavy (non-hydrogen) atoms. The summed E-state index contributed by atoms with van der Waals surface area (Å²) in [4.78, 5) is 5.07. The highest BCUT2D eigenvalue weighted by molar-refractivity contribution is 5.17. The minimum absolute atomic E-state index is 0.580. The van der Waals surface area contributed by atoms with E-state index in [1.54, 1.807) is 0 Å². The Bertz CT molecular complexity index is 288. The quantitative estimate of drug-likeness (QED) is 0.744. The van der Waals surface area contributed by atoms with Gasteiger partial charge >= 0.3 is 0 Å². The Balaban J connectivity index is 2.18. The second-order valence-electron chi connectivity index (χ2n) is 5.53. The summed E-state index contributed by atoms with van der Waals surface area (Å²) in [6.45, 7) is 14.6. The number of hydrogen-bond donors (Lipinski definition) is 2. The zero-order valence-corrected chi connectivity index (χ0v) is 11.6. The Morgan fingerprint density at radius 3 is 2.12 bits per heavy atom. The van der Waals surface area contributed by atoms with E-state index in [0.717, 1.165) is 26.2 Å². The van der Waals surface area contributed by atoms with Crippen LogP contribution >= 0.6 is 0 Å². The molecule has 2 heterocycles. The summed E-state index contributed by atoms with van der Waals surface area (Å²) in [7, 11) is 0. The lowest BCUT2D eigenvalue weighted by Crippen LogP contribution is -2.50. The van der Waals surface area contributed by atoms with Crippen molar-refractivity contribution in [1.29, 1.82) is 0 Å². The molecule has 2 rings (SSSR count). The van der Waals surface area contributed by atoms with Gasteiger partial charge in [-0.25, -0.2) is 0 Å². The third-order valence-corrected chi connectivity index (χ3v) is 3.70. The van der Waals surface area contributed by atoms with E-state index in [-0.39, 0.29) is 0 Å². The number of hydrogen-bond acceptors (Lipinski definition) is 4. The molecule has 0 radical (unpaired) electrons. The molecule has 2 saturated heterocycles. The molecule has 0 aromatic carbocycles. The molecule has 4 nitrogen and oxygen atoms in total. The van der Waals surface area contributed by atoms with E-state index in [2.05, 4.69) is 48.1 Å². The smallest absolute Gasteiger partial charge is 0.120 e. The van der Waals surface area contributed by atoms with E-state index in [4.69, 9.17) is 0 Å². The van der Waals surface area contributed by atoms with Crippen LogP contribution in [0.1, 0.15) is 27.7 Å². The maximum absolute atomic E-state index is 3.47. The first-order chi connectivity index (χ1) is 8.09. The lowest BCUT2D eigenvalue weighted by atomic mass is 10.1. The zero-order valence-electron chi connectivity index (χ0n) is 11.6. The fourth-order valence-electron chi connectivity index (χ4n) is 2.61. The fourth-order valence-corrected chi connectivity index (χ4v) is 2.61. The van der Waals surface area contributed by atoms with Crippen LogP contribution < -0.4 is 10.6 Å². The summed E-state index contributed by atoms with van der Waals surface area (Å²) in [5, 5.41) is 6.94. The van der Waals surface area contributed by atoms with Gasteiger partial charge in [0.1, 0.15) is 5.82 Å². The summed E-state index contributed by atoms with van der Waals surface area (Å²) >= 11 is 0. The molecule has 0 aromatic rings. The lowest BCUT2D eigenvalue weighted by Gasteiger charge is -2.42. The summed E-state index contributed by atoms with van der Waals surface area (Å²) in [6.07, 6.45) is 0. The molecule has 0 unspecified atom stereocenters.